The number of fused-ring (bicyclic) bond motifs is 1. The van der Waals surface area contributed by atoms with Crippen LogP contribution in [0.1, 0.15) is 42.6 Å². The van der Waals surface area contributed by atoms with Crippen molar-refractivity contribution in [3.8, 4) is 5.75 Å². The van der Waals surface area contributed by atoms with Crippen molar-refractivity contribution in [1.82, 2.24) is 4.90 Å². The van der Waals surface area contributed by atoms with Crippen LogP contribution < -0.4 is 4.74 Å². The van der Waals surface area contributed by atoms with Gasteiger partial charge >= 0.3 is 0 Å². The first-order valence-electron chi connectivity index (χ1n) is 9.29. The third-order valence-electron chi connectivity index (χ3n) is 4.85. The average molecular weight is 418 g/mol. The quantitative estimate of drug-likeness (QED) is 0.650. The Bertz CT molecular complexity index is 730. The first-order chi connectivity index (χ1) is 12.6. The van der Waals surface area contributed by atoms with E-state index in [4.69, 9.17) is 9.47 Å². The lowest BCUT2D eigenvalue weighted by atomic mass is 9.95. The number of halogens is 1. The van der Waals surface area contributed by atoms with Gasteiger partial charge in [0.15, 0.2) is 0 Å². The highest BCUT2D eigenvalue weighted by atomic mass is 79.9. The van der Waals surface area contributed by atoms with Crippen LogP contribution in [0.4, 0.5) is 0 Å². The van der Waals surface area contributed by atoms with Gasteiger partial charge in [-0.2, -0.15) is 0 Å². The van der Waals surface area contributed by atoms with Crippen molar-refractivity contribution < 1.29 is 9.47 Å². The van der Waals surface area contributed by atoms with Gasteiger partial charge in [0.25, 0.3) is 0 Å². The molecule has 0 radical (unpaired) electrons. The summed E-state index contributed by atoms with van der Waals surface area (Å²) in [4.78, 5) is 2.28. The summed E-state index contributed by atoms with van der Waals surface area (Å²) in [5, 5.41) is 0. The molecule has 0 saturated heterocycles. The number of hydrogen-bond donors (Lipinski definition) is 0. The monoisotopic (exact) mass is 417 g/mol. The second-order valence-electron chi connectivity index (χ2n) is 7.29. The molecule has 0 aromatic heterocycles. The normalized spacial score (nSPS) is 20.2. The van der Waals surface area contributed by atoms with E-state index in [9.17, 15) is 0 Å². The van der Waals surface area contributed by atoms with Gasteiger partial charge < -0.3 is 9.47 Å². The maximum atomic E-state index is 6.19. The van der Waals surface area contributed by atoms with Crippen molar-refractivity contribution in [2.24, 2.45) is 5.92 Å². The van der Waals surface area contributed by atoms with E-state index in [1.54, 1.807) is 7.11 Å². The lowest BCUT2D eigenvalue weighted by Gasteiger charge is -2.28. The van der Waals surface area contributed by atoms with Crippen LogP contribution in [0.5, 0.6) is 5.75 Å². The molecule has 0 N–H and O–H groups in total. The SMILES string of the molecule is CC1CC1.COc1cccc(C2OCCN(C)Cc3cc(Br)ccc32)c1. The largest absolute Gasteiger partial charge is 0.497 e. The maximum Gasteiger partial charge on any atom is 0.119 e. The number of rotatable bonds is 2. The summed E-state index contributed by atoms with van der Waals surface area (Å²) in [6.45, 7) is 4.85. The van der Waals surface area contributed by atoms with Gasteiger partial charge in [-0.1, -0.05) is 53.9 Å². The molecule has 1 heterocycles. The highest BCUT2D eigenvalue weighted by molar-refractivity contribution is 9.10. The number of benzene rings is 2. The second-order valence-corrected chi connectivity index (χ2v) is 8.21. The molecule has 0 bridgehead atoms. The van der Waals surface area contributed by atoms with Crippen molar-refractivity contribution in [2.45, 2.75) is 32.4 Å². The molecule has 4 heteroatoms. The average Bonchev–Trinajstić information content (AvgIpc) is 3.41. The first-order valence-corrected chi connectivity index (χ1v) is 10.1. The Balaban J connectivity index is 0.000000433. The third-order valence-corrected chi connectivity index (χ3v) is 5.34. The summed E-state index contributed by atoms with van der Waals surface area (Å²) in [5.41, 5.74) is 3.65. The maximum absolute atomic E-state index is 6.19. The highest BCUT2D eigenvalue weighted by Gasteiger charge is 2.22. The van der Waals surface area contributed by atoms with Crippen molar-refractivity contribution in [3.63, 3.8) is 0 Å². The summed E-state index contributed by atoms with van der Waals surface area (Å²) >= 11 is 3.58. The Kier molecular flexibility index (Phi) is 6.74. The van der Waals surface area contributed by atoms with Gasteiger partial charge in [0, 0.05) is 17.6 Å². The van der Waals surface area contributed by atoms with E-state index in [0.717, 1.165) is 34.8 Å². The van der Waals surface area contributed by atoms with Gasteiger partial charge in [0.2, 0.25) is 0 Å². The van der Waals surface area contributed by atoms with E-state index in [1.165, 1.54) is 24.0 Å². The predicted octanol–water partition coefficient (Wildman–Crippen LogP) is 5.43. The van der Waals surface area contributed by atoms with Crippen LogP contribution in [0.15, 0.2) is 46.9 Å². The fourth-order valence-corrected chi connectivity index (χ4v) is 3.41. The number of ether oxygens (including phenoxy) is 2. The van der Waals surface area contributed by atoms with Crippen molar-refractivity contribution in [3.05, 3.63) is 63.6 Å². The van der Waals surface area contributed by atoms with Gasteiger partial charge in [0.1, 0.15) is 11.9 Å². The molecule has 1 saturated carbocycles. The van der Waals surface area contributed by atoms with Gasteiger partial charge in [-0.05, 0) is 53.9 Å². The summed E-state index contributed by atoms with van der Waals surface area (Å²) in [6.07, 6.45) is 2.92. The number of hydrogen-bond acceptors (Lipinski definition) is 3. The minimum absolute atomic E-state index is 0.0492. The predicted molar refractivity (Wildman–Crippen MR) is 110 cm³/mol. The molecule has 4 rings (SSSR count). The van der Waals surface area contributed by atoms with Crippen LogP contribution in [0.2, 0.25) is 0 Å². The molecule has 26 heavy (non-hydrogen) atoms. The Labute approximate surface area is 165 Å². The van der Waals surface area contributed by atoms with E-state index >= 15 is 0 Å². The molecule has 2 aromatic carbocycles. The minimum atomic E-state index is -0.0492. The number of nitrogens with zero attached hydrogens (tertiary/aromatic N) is 1. The van der Waals surface area contributed by atoms with Crippen LogP contribution >= 0.6 is 15.9 Å². The lowest BCUT2D eigenvalue weighted by Crippen LogP contribution is -2.27. The molecule has 1 aliphatic heterocycles. The van der Waals surface area contributed by atoms with E-state index in [0.29, 0.717) is 6.61 Å². The highest BCUT2D eigenvalue weighted by Crippen LogP contribution is 2.33. The van der Waals surface area contributed by atoms with E-state index in [1.807, 2.05) is 12.1 Å². The number of methoxy groups -OCH3 is 1. The molecule has 1 atom stereocenters. The molecule has 3 nitrogen and oxygen atoms in total. The summed E-state index contributed by atoms with van der Waals surface area (Å²) < 4.78 is 12.6. The second kappa shape index (κ2) is 9.03. The fraction of sp³-hybridized carbons (Fsp3) is 0.455. The van der Waals surface area contributed by atoms with Crippen LogP contribution in [0, 0.1) is 5.92 Å². The van der Waals surface area contributed by atoms with Gasteiger partial charge in [-0.3, -0.25) is 4.90 Å². The van der Waals surface area contributed by atoms with Crippen LogP contribution in [-0.4, -0.2) is 32.2 Å². The topological polar surface area (TPSA) is 21.7 Å². The third kappa shape index (κ3) is 5.32. The van der Waals surface area contributed by atoms with E-state index < -0.39 is 0 Å². The van der Waals surface area contributed by atoms with Crippen molar-refractivity contribution >= 4 is 15.9 Å². The molecule has 2 aliphatic rings. The Morgan fingerprint density at radius 2 is 1.92 bits per heavy atom. The molecular weight excluding hydrogens is 390 g/mol. The standard InChI is InChI=1S/C18H20BrNO2.C4H8/c1-20-8-9-22-18(13-4-3-5-16(11-13)21-2)17-7-6-15(19)10-14(17)12-20;1-4-2-3-4/h3-7,10-11,18H,8-9,12H2,1-2H3;4H,2-3H2,1H3. The smallest absolute Gasteiger partial charge is 0.119 e. The molecule has 1 aliphatic carbocycles. The van der Waals surface area contributed by atoms with E-state index in [2.05, 4.69) is 65.1 Å². The van der Waals surface area contributed by atoms with Crippen LogP contribution in [0.3, 0.4) is 0 Å². The Morgan fingerprint density at radius 3 is 2.62 bits per heavy atom. The summed E-state index contributed by atoms with van der Waals surface area (Å²) in [7, 11) is 3.82. The Morgan fingerprint density at radius 1 is 1.15 bits per heavy atom. The van der Waals surface area contributed by atoms with Gasteiger partial charge in [-0.25, -0.2) is 0 Å². The zero-order valence-electron chi connectivity index (χ0n) is 15.9. The fourth-order valence-electron chi connectivity index (χ4n) is 3.00. The number of likely N-dealkylation sites (N-methyl/N-ethyl adjacent to an activating group) is 1. The molecule has 2 aromatic rings. The van der Waals surface area contributed by atoms with Crippen molar-refractivity contribution in [2.75, 3.05) is 27.3 Å². The van der Waals surface area contributed by atoms with Gasteiger partial charge in [-0.15, -0.1) is 0 Å². The summed E-state index contributed by atoms with van der Waals surface area (Å²) in [5.74, 6) is 1.94. The van der Waals surface area contributed by atoms with Crippen LogP contribution in [0.25, 0.3) is 0 Å². The van der Waals surface area contributed by atoms with Crippen LogP contribution in [-0.2, 0) is 11.3 Å². The molecule has 0 spiro atoms. The molecule has 140 valence electrons. The molecular formula is C22H28BrNO2. The zero-order valence-corrected chi connectivity index (χ0v) is 17.5. The zero-order chi connectivity index (χ0) is 18.5. The summed E-state index contributed by atoms with van der Waals surface area (Å²) in [6, 6.07) is 14.6. The molecule has 1 unspecified atom stereocenters. The molecule has 1 fully saturated rings. The Hall–Kier alpha value is -1.36. The lowest BCUT2D eigenvalue weighted by molar-refractivity contribution is 0.0552. The van der Waals surface area contributed by atoms with Crippen molar-refractivity contribution in [1.29, 1.82) is 0 Å². The van der Waals surface area contributed by atoms with Gasteiger partial charge in [0.05, 0.1) is 13.7 Å². The minimum Gasteiger partial charge on any atom is -0.497 e. The van der Waals surface area contributed by atoms with E-state index in [-0.39, 0.29) is 6.10 Å². The molecule has 0 amide bonds. The first kappa shape index (κ1) is 19.4.